The number of aromatic nitrogens is 3. The highest BCUT2D eigenvalue weighted by atomic mass is 14.8. The minimum Gasteiger partial charge on any atom is -0.361 e. The average Bonchev–Trinajstić information content (AvgIpc) is 3.06. The molecule has 0 saturated heterocycles. The van der Waals surface area contributed by atoms with E-state index in [0.29, 0.717) is 0 Å². The monoisotopic (exact) mass is 233 g/mol. The summed E-state index contributed by atoms with van der Waals surface area (Å²) in [7, 11) is 0. The molecule has 0 amide bonds. The highest BCUT2D eigenvalue weighted by Gasteiger charge is 2.08. The van der Waals surface area contributed by atoms with Crippen molar-refractivity contribution in [3.05, 3.63) is 55.0 Å². The van der Waals surface area contributed by atoms with E-state index in [0.717, 1.165) is 16.6 Å². The van der Waals surface area contributed by atoms with Crippen molar-refractivity contribution >= 4 is 21.9 Å². The Kier molecular flexibility index (Phi) is 1.83. The molecule has 0 fully saturated rings. The largest absolute Gasteiger partial charge is 0.361 e. The smallest absolute Gasteiger partial charge is 0.137 e. The number of nitrogens with zero attached hydrogens (tertiary/aromatic N) is 1. The third-order valence-corrected chi connectivity index (χ3v) is 3.35. The molecule has 0 radical (unpaired) electrons. The molecule has 0 aliphatic rings. The van der Waals surface area contributed by atoms with Crippen molar-refractivity contribution in [2.75, 3.05) is 0 Å². The van der Waals surface area contributed by atoms with Crippen molar-refractivity contribution < 1.29 is 0 Å². The van der Waals surface area contributed by atoms with E-state index >= 15 is 0 Å². The van der Waals surface area contributed by atoms with E-state index in [2.05, 4.69) is 51.4 Å². The topological polar surface area (TPSA) is 44.5 Å². The fourth-order valence-electron chi connectivity index (χ4n) is 2.52. The van der Waals surface area contributed by atoms with Gasteiger partial charge in [-0.1, -0.05) is 12.1 Å². The molecule has 3 nitrogen and oxygen atoms in total. The van der Waals surface area contributed by atoms with Gasteiger partial charge in [-0.2, -0.15) is 0 Å². The minimum atomic E-state index is 0.931. The summed E-state index contributed by atoms with van der Waals surface area (Å²) in [6.45, 7) is 0. The van der Waals surface area contributed by atoms with Crippen LogP contribution in [0.2, 0.25) is 0 Å². The van der Waals surface area contributed by atoms with Crippen LogP contribution in [0.4, 0.5) is 0 Å². The number of pyridine rings is 1. The van der Waals surface area contributed by atoms with Gasteiger partial charge in [0.25, 0.3) is 0 Å². The molecule has 18 heavy (non-hydrogen) atoms. The molecule has 3 heterocycles. The second kappa shape index (κ2) is 3.47. The second-order valence-electron chi connectivity index (χ2n) is 4.34. The van der Waals surface area contributed by atoms with Crippen LogP contribution in [0.15, 0.2) is 55.0 Å². The van der Waals surface area contributed by atoms with Gasteiger partial charge >= 0.3 is 0 Å². The molecular formula is C15H11N3. The Morgan fingerprint density at radius 1 is 0.778 bits per heavy atom. The summed E-state index contributed by atoms with van der Waals surface area (Å²) in [5, 5.41) is 2.40. The Labute approximate surface area is 103 Å². The summed E-state index contributed by atoms with van der Waals surface area (Å²) in [5.74, 6) is 0. The number of hydrogen-bond acceptors (Lipinski definition) is 1. The summed E-state index contributed by atoms with van der Waals surface area (Å²) in [5.41, 5.74) is 4.54. The maximum atomic E-state index is 4.33. The van der Waals surface area contributed by atoms with Gasteiger partial charge in [-0.05, 0) is 35.4 Å². The molecule has 4 rings (SSSR count). The summed E-state index contributed by atoms with van der Waals surface area (Å²) in [4.78, 5) is 10.7. The molecule has 0 aliphatic heterocycles. The predicted molar refractivity (Wildman–Crippen MR) is 73.4 cm³/mol. The minimum absolute atomic E-state index is 0.931. The Morgan fingerprint density at radius 3 is 2.61 bits per heavy atom. The maximum absolute atomic E-state index is 4.33. The molecule has 3 heteroatoms. The zero-order valence-corrected chi connectivity index (χ0v) is 9.64. The van der Waals surface area contributed by atoms with Crippen molar-refractivity contribution in [3.8, 4) is 11.1 Å². The zero-order chi connectivity index (χ0) is 11.9. The standard InChI is InChI=1S/C15H11N3/c1-2-10(12-5-7-16-14(12)3-1)11-4-8-17-15-13(11)6-9-18-15/h1-9,16H,(H,17,18). The quantitative estimate of drug-likeness (QED) is 0.517. The van der Waals surface area contributed by atoms with Crippen LogP contribution < -0.4 is 0 Å². The first-order valence-electron chi connectivity index (χ1n) is 5.92. The van der Waals surface area contributed by atoms with E-state index < -0.39 is 0 Å². The fraction of sp³-hybridized carbons (Fsp3) is 0. The number of nitrogens with one attached hydrogen (secondary N) is 2. The highest BCUT2D eigenvalue weighted by Crippen LogP contribution is 2.32. The third kappa shape index (κ3) is 1.21. The van der Waals surface area contributed by atoms with Crippen molar-refractivity contribution in [2.24, 2.45) is 0 Å². The maximum Gasteiger partial charge on any atom is 0.137 e. The van der Waals surface area contributed by atoms with Crippen LogP contribution in [0, 0.1) is 0 Å². The van der Waals surface area contributed by atoms with Crippen LogP contribution >= 0.6 is 0 Å². The molecule has 0 aliphatic carbocycles. The number of fused-ring (bicyclic) bond motifs is 2. The van der Waals surface area contributed by atoms with Gasteiger partial charge in [0.05, 0.1) is 0 Å². The summed E-state index contributed by atoms with van der Waals surface area (Å²) in [6.07, 6.45) is 5.75. The summed E-state index contributed by atoms with van der Waals surface area (Å²) in [6, 6.07) is 12.6. The number of benzene rings is 1. The van der Waals surface area contributed by atoms with Gasteiger partial charge in [0.1, 0.15) is 5.65 Å². The fourth-order valence-corrected chi connectivity index (χ4v) is 2.52. The molecular weight excluding hydrogens is 222 g/mol. The SMILES string of the molecule is c1cc(-c2ccnc3[nH]ccc23)c2cc[nH]c2c1. The van der Waals surface area contributed by atoms with Gasteiger partial charge in [0, 0.05) is 34.9 Å². The van der Waals surface area contributed by atoms with Gasteiger partial charge in [0.2, 0.25) is 0 Å². The second-order valence-corrected chi connectivity index (χ2v) is 4.34. The van der Waals surface area contributed by atoms with Crippen LogP contribution in [0.1, 0.15) is 0 Å². The van der Waals surface area contributed by atoms with Crippen LogP contribution in [0.5, 0.6) is 0 Å². The number of aromatic amines is 2. The molecule has 1 aromatic carbocycles. The number of rotatable bonds is 1. The first-order chi connectivity index (χ1) is 8.93. The van der Waals surface area contributed by atoms with Crippen LogP contribution in [-0.2, 0) is 0 Å². The van der Waals surface area contributed by atoms with E-state index in [4.69, 9.17) is 0 Å². The number of H-pyrrole nitrogens is 2. The molecule has 0 atom stereocenters. The Balaban J connectivity index is 2.13. The van der Waals surface area contributed by atoms with Crippen LogP contribution in [0.25, 0.3) is 33.1 Å². The van der Waals surface area contributed by atoms with Crippen molar-refractivity contribution in [1.29, 1.82) is 0 Å². The van der Waals surface area contributed by atoms with Gasteiger partial charge in [-0.25, -0.2) is 4.98 Å². The van der Waals surface area contributed by atoms with Crippen molar-refractivity contribution in [3.63, 3.8) is 0 Å². The molecule has 0 bridgehead atoms. The van der Waals surface area contributed by atoms with Gasteiger partial charge < -0.3 is 9.97 Å². The lowest BCUT2D eigenvalue weighted by molar-refractivity contribution is 1.33. The normalized spacial score (nSPS) is 11.3. The Morgan fingerprint density at radius 2 is 1.61 bits per heavy atom. The molecule has 2 N–H and O–H groups in total. The van der Waals surface area contributed by atoms with E-state index in [-0.39, 0.29) is 0 Å². The lowest BCUT2D eigenvalue weighted by Crippen LogP contribution is -1.83. The molecule has 4 aromatic rings. The predicted octanol–water partition coefficient (Wildman–Crippen LogP) is 3.71. The third-order valence-electron chi connectivity index (χ3n) is 3.35. The Bertz CT molecular complexity index is 767. The van der Waals surface area contributed by atoms with Gasteiger partial charge in [-0.3, -0.25) is 0 Å². The first-order valence-corrected chi connectivity index (χ1v) is 5.92. The van der Waals surface area contributed by atoms with Gasteiger partial charge in [-0.15, -0.1) is 0 Å². The average molecular weight is 233 g/mol. The molecule has 0 unspecified atom stereocenters. The zero-order valence-electron chi connectivity index (χ0n) is 9.64. The van der Waals surface area contributed by atoms with Crippen molar-refractivity contribution in [1.82, 2.24) is 15.0 Å². The van der Waals surface area contributed by atoms with Crippen molar-refractivity contribution in [2.45, 2.75) is 0 Å². The summed E-state index contributed by atoms with van der Waals surface area (Å²) >= 11 is 0. The van der Waals surface area contributed by atoms with E-state index in [9.17, 15) is 0 Å². The number of hydrogen-bond donors (Lipinski definition) is 2. The summed E-state index contributed by atoms with van der Waals surface area (Å²) < 4.78 is 0. The molecule has 0 spiro atoms. The first kappa shape index (κ1) is 9.48. The lowest BCUT2D eigenvalue weighted by atomic mass is 10.0. The Hall–Kier alpha value is -2.55. The van der Waals surface area contributed by atoms with E-state index in [1.165, 1.54) is 16.5 Å². The molecule has 86 valence electrons. The molecule has 3 aromatic heterocycles. The molecule has 0 saturated carbocycles. The van der Waals surface area contributed by atoms with E-state index in [1.807, 2.05) is 18.6 Å². The highest BCUT2D eigenvalue weighted by molar-refractivity contribution is 6.03. The van der Waals surface area contributed by atoms with Gasteiger partial charge in [0.15, 0.2) is 0 Å². The van der Waals surface area contributed by atoms with E-state index in [1.54, 1.807) is 0 Å². The van der Waals surface area contributed by atoms with Crippen LogP contribution in [-0.4, -0.2) is 15.0 Å². The van der Waals surface area contributed by atoms with Crippen LogP contribution in [0.3, 0.4) is 0 Å². The lowest BCUT2D eigenvalue weighted by Gasteiger charge is -2.05.